The summed E-state index contributed by atoms with van der Waals surface area (Å²) in [5, 5.41) is 11.7. The highest BCUT2D eigenvalue weighted by atomic mass is 32.2. The summed E-state index contributed by atoms with van der Waals surface area (Å²) in [5.41, 5.74) is 0.595. The molecule has 0 aliphatic rings. The Labute approximate surface area is 116 Å². The molecule has 0 saturated carbocycles. The molecular formula is C13H17NO4S. The van der Waals surface area contributed by atoms with Crippen molar-refractivity contribution >= 4 is 29.3 Å². The number of carboxylic acids is 1. The van der Waals surface area contributed by atoms with E-state index in [1.54, 1.807) is 36.0 Å². The van der Waals surface area contributed by atoms with E-state index in [1.807, 2.05) is 13.8 Å². The molecule has 2 N–H and O–H groups in total. The van der Waals surface area contributed by atoms with Gasteiger partial charge in [0.25, 0.3) is 0 Å². The lowest BCUT2D eigenvalue weighted by molar-refractivity contribution is -0.139. The molecule has 19 heavy (non-hydrogen) atoms. The second-order valence-electron chi connectivity index (χ2n) is 4.12. The third kappa shape index (κ3) is 6.71. The molecule has 6 heteroatoms. The summed E-state index contributed by atoms with van der Waals surface area (Å²) in [7, 11) is 0. The number of benzene rings is 1. The lowest BCUT2D eigenvalue weighted by atomic mass is 10.3. The monoisotopic (exact) mass is 283 g/mol. The van der Waals surface area contributed by atoms with E-state index < -0.39 is 12.6 Å². The van der Waals surface area contributed by atoms with Crippen molar-refractivity contribution in [2.24, 2.45) is 0 Å². The highest BCUT2D eigenvalue weighted by Gasteiger charge is 2.05. The van der Waals surface area contributed by atoms with Crippen LogP contribution < -0.4 is 10.1 Å². The summed E-state index contributed by atoms with van der Waals surface area (Å²) in [6, 6.07) is 6.66. The van der Waals surface area contributed by atoms with Crippen molar-refractivity contribution in [3.8, 4) is 5.75 Å². The molecule has 0 heterocycles. The molecule has 0 radical (unpaired) electrons. The van der Waals surface area contributed by atoms with Crippen LogP contribution in [-0.4, -0.2) is 34.6 Å². The third-order valence-electron chi connectivity index (χ3n) is 2.03. The molecular weight excluding hydrogens is 266 g/mol. The van der Waals surface area contributed by atoms with Gasteiger partial charge < -0.3 is 15.2 Å². The zero-order chi connectivity index (χ0) is 14.3. The molecule has 104 valence electrons. The van der Waals surface area contributed by atoms with Gasteiger partial charge in [-0.05, 0) is 17.4 Å². The Morgan fingerprint density at radius 1 is 1.42 bits per heavy atom. The topological polar surface area (TPSA) is 75.6 Å². The summed E-state index contributed by atoms with van der Waals surface area (Å²) < 4.78 is 5.03. The maximum absolute atomic E-state index is 11.6. The van der Waals surface area contributed by atoms with Crippen LogP contribution in [0.3, 0.4) is 0 Å². The van der Waals surface area contributed by atoms with Crippen LogP contribution in [0.2, 0.25) is 0 Å². The standard InChI is InChI=1S/C13H17NO4S/c1-9(2)19-8-12(15)14-10-4-3-5-11(6-10)18-7-13(16)17/h3-6,9H,7-8H2,1-2H3,(H,14,15)(H,16,17). The number of hydrogen-bond donors (Lipinski definition) is 2. The fraction of sp³-hybridized carbons (Fsp3) is 0.385. The SMILES string of the molecule is CC(C)SCC(=O)Nc1cccc(OCC(=O)O)c1. The molecule has 0 aliphatic carbocycles. The molecule has 0 saturated heterocycles. The van der Waals surface area contributed by atoms with Crippen LogP contribution in [0.15, 0.2) is 24.3 Å². The first-order chi connectivity index (χ1) is 8.97. The van der Waals surface area contributed by atoms with E-state index in [2.05, 4.69) is 5.32 Å². The van der Waals surface area contributed by atoms with E-state index >= 15 is 0 Å². The van der Waals surface area contributed by atoms with Gasteiger partial charge in [0.2, 0.25) is 5.91 Å². The molecule has 0 fully saturated rings. The quantitative estimate of drug-likeness (QED) is 0.802. The number of hydrogen-bond acceptors (Lipinski definition) is 4. The molecule has 1 rings (SSSR count). The highest BCUT2D eigenvalue weighted by molar-refractivity contribution is 8.00. The minimum absolute atomic E-state index is 0.0888. The first kappa shape index (κ1) is 15.4. The number of thioether (sulfide) groups is 1. The van der Waals surface area contributed by atoms with Gasteiger partial charge in [-0.3, -0.25) is 4.79 Å². The molecule has 0 spiro atoms. The van der Waals surface area contributed by atoms with Crippen LogP contribution in [0, 0.1) is 0 Å². The zero-order valence-electron chi connectivity index (χ0n) is 10.9. The minimum Gasteiger partial charge on any atom is -0.482 e. The number of rotatable bonds is 7. The molecule has 5 nitrogen and oxygen atoms in total. The summed E-state index contributed by atoms with van der Waals surface area (Å²) in [5.74, 6) is -0.328. The predicted octanol–water partition coefficient (Wildman–Crippen LogP) is 2.23. The van der Waals surface area contributed by atoms with Gasteiger partial charge in [-0.15, -0.1) is 11.8 Å². The average Bonchev–Trinajstić information content (AvgIpc) is 2.34. The number of amides is 1. The Morgan fingerprint density at radius 2 is 2.16 bits per heavy atom. The van der Waals surface area contributed by atoms with Crippen molar-refractivity contribution in [1.82, 2.24) is 0 Å². The smallest absolute Gasteiger partial charge is 0.341 e. The Bertz CT molecular complexity index is 448. The molecule has 1 amide bonds. The number of nitrogens with one attached hydrogen (secondary N) is 1. The van der Waals surface area contributed by atoms with Crippen molar-refractivity contribution < 1.29 is 19.4 Å². The molecule has 0 aliphatic heterocycles. The molecule has 0 aromatic heterocycles. The number of carbonyl (C=O) groups excluding carboxylic acids is 1. The van der Waals surface area contributed by atoms with Crippen LogP contribution in [0.5, 0.6) is 5.75 Å². The van der Waals surface area contributed by atoms with Crippen molar-refractivity contribution in [1.29, 1.82) is 0 Å². The van der Waals surface area contributed by atoms with Gasteiger partial charge in [0, 0.05) is 11.8 Å². The van der Waals surface area contributed by atoms with Gasteiger partial charge in [0.05, 0.1) is 5.75 Å². The van der Waals surface area contributed by atoms with Crippen LogP contribution in [0.4, 0.5) is 5.69 Å². The first-order valence-corrected chi connectivity index (χ1v) is 6.88. The van der Waals surface area contributed by atoms with E-state index in [0.29, 0.717) is 22.4 Å². The van der Waals surface area contributed by atoms with E-state index in [4.69, 9.17) is 9.84 Å². The molecule has 1 aromatic carbocycles. The Hall–Kier alpha value is -1.69. The van der Waals surface area contributed by atoms with Gasteiger partial charge in [0.1, 0.15) is 5.75 Å². The second-order valence-corrected chi connectivity index (χ2v) is 5.68. The average molecular weight is 283 g/mol. The van der Waals surface area contributed by atoms with Crippen LogP contribution in [0.25, 0.3) is 0 Å². The maximum atomic E-state index is 11.6. The van der Waals surface area contributed by atoms with Crippen LogP contribution in [0.1, 0.15) is 13.8 Å². The number of aliphatic carboxylic acids is 1. The summed E-state index contributed by atoms with van der Waals surface area (Å²) in [4.78, 5) is 22.0. The predicted molar refractivity (Wildman–Crippen MR) is 75.8 cm³/mol. The van der Waals surface area contributed by atoms with Gasteiger partial charge in [-0.1, -0.05) is 19.9 Å². The summed E-state index contributed by atoms with van der Waals surface area (Å²) in [6.07, 6.45) is 0. The van der Waals surface area contributed by atoms with Crippen molar-refractivity contribution in [3.05, 3.63) is 24.3 Å². The summed E-state index contributed by atoms with van der Waals surface area (Å²) in [6.45, 7) is 3.65. The van der Waals surface area contributed by atoms with Crippen LogP contribution in [-0.2, 0) is 9.59 Å². The maximum Gasteiger partial charge on any atom is 0.341 e. The molecule has 0 bridgehead atoms. The zero-order valence-corrected chi connectivity index (χ0v) is 11.7. The molecule has 0 atom stereocenters. The second kappa shape index (κ2) is 7.68. The first-order valence-electron chi connectivity index (χ1n) is 5.83. The number of carbonyl (C=O) groups is 2. The fourth-order valence-electron chi connectivity index (χ4n) is 1.25. The van der Waals surface area contributed by atoms with E-state index in [-0.39, 0.29) is 5.91 Å². The Kier molecular flexibility index (Phi) is 6.21. The third-order valence-corrected chi connectivity index (χ3v) is 3.12. The van der Waals surface area contributed by atoms with E-state index in [1.165, 1.54) is 0 Å². The molecule has 0 unspecified atom stereocenters. The van der Waals surface area contributed by atoms with Crippen molar-refractivity contribution in [2.45, 2.75) is 19.1 Å². The lowest BCUT2D eigenvalue weighted by Gasteiger charge is -2.08. The van der Waals surface area contributed by atoms with Gasteiger partial charge in [-0.2, -0.15) is 0 Å². The number of ether oxygens (including phenoxy) is 1. The van der Waals surface area contributed by atoms with Crippen LogP contribution >= 0.6 is 11.8 Å². The van der Waals surface area contributed by atoms with Crippen molar-refractivity contribution in [2.75, 3.05) is 17.7 Å². The van der Waals surface area contributed by atoms with E-state index in [9.17, 15) is 9.59 Å². The minimum atomic E-state index is -1.04. The Balaban J connectivity index is 2.51. The lowest BCUT2D eigenvalue weighted by Crippen LogP contribution is -2.15. The summed E-state index contributed by atoms with van der Waals surface area (Å²) >= 11 is 1.56. The van der Waals surface area contributed by atoms with E-state index in [0.717, 1.165) is 0 Å². The number of carboxylic acid groups (broad SMARTS) is 1. The van der Waals surface area contributed by atoms with Gasteiger partial charge >= 0.3 is 5.97 Å². The van der Waals surface area contributed by atoms with Crippen molar-refractivity contribution in [3.63, 3.8) is 0 Å². The molecule has 1 aromatic rings. The highest BCUT2D eigenvalue weighted by Crippen LogP contribution is 2.18. The van der Waals surface area contributed by atoms with Gasteiger partial charge in [0.15, 0.2) is 6.61 Å². The normalized spacial score (nSPS) is 10.3. The number of anilines is 1. The fourth-order valence-corrected chi connectivity index (χ4v) is 1.81. The van der Waals surface area contributed by atoms with Gasteiger partial charge in [-0.25, -0.2) is 4.79 Å². The largest absolute Gasteiger partial charge is 0.482 e. The Morgan fingerprint density at radius 3 is 2.79 bits per heavy atom.